The zero-order valence-electron chi connectivity index (χ0n) is 15.4. The number of benzene rings is 1. The van der Waals surface area contributed by atoms with E-state index in [0.29, 0.717) is 24.6 Å². The second-order valence-corrected chi connectivity index (χ2v) is 6.82. The number of rotatable bonds is 7. The molecule has 1 amide bonds. The fraction of sp³-hybridized carbons (Fsp3) is 0.450. The lowest BCUT2D eigenvalue weighted by Gasteiger charge is -2.26. The Bertz CT molecular complexity index is 698. The van der Waals surface area contributed by atoms with Crippen LogP contribution in [-0.4, -0.2) is 46.1 Å². The molecular formula is C20H26N4O2. The van der Waals surface area contributed by atoms with Gasteiger partial charge in [-0.15, -0.1) is 0 Å². The first-order chi connectivity index (χ1) is 12.6. The number of amides is 1. The molecule has 6 heteroatoms. The van der Waals surface area contributed by atoms with Crippen molar-refractivity contribution in [2.45, 2.75) is 45.4 Å². The van der Waals surface area contributed by atoms with Crippen LogP contribution in [0, 0.1) is 0 Å². The Morgan fingerprint density at radius 3 is 2.62 bits per heavy atom. The van der Waals surface area contributed by atoms with Gasteiger partial charge in [0.25, 0.3) is 5.91 Å². The van der Waals surface area contributed by atoms with Crippen LogP contribution in [0.25, 0.3) is 0 Å². The molecule has 1 unspecified atom stereocenters. The fourth-order valence-electron chi connectivity index (χ4n) is 2.98. The molecule has 1 atom stereocenters. The first-order valence-electron chi connectivity index (χ1n) is 9.16. The molecule has 0 spiro atoms. The van der Waals surface area contributed by atoms with E-state index in [9.17, 15) is 4.79 Å². The number of nitrogens with zero attached hydrogens (tertiary/aromatic N) is 3. The van der Waals surface area contributed by atoms with Gasteiger partial charge in [0.15, 0.2) is 0 Å². The molecule has 138 valence electrons. The van der Waals surface area contributed by atoms with Crippen molar-refractivity contribution in [1.29, 1.82) is 0 Å². The van der Waals surface area contributed by atoms with Crippen molar-refractivity contribution in [3.8, 4) is 0 Å². The fourth-order valence-corrected chi connectivity index (χ4v) is 2.98. The van der Waals surface area contributed by atoms with Gasteiger partial charge in [0.05, 0.1) is 11.7 Å². The third-order valence-electron chi connectivity index (χ3n) is 4.49. The van der Waals surface area contributed by atoms with E-state index in [4.69, 9.17) is 4.74 Å². The Labute approximate surface area is 154 Å². The lowest BCUT2D eigenvalue weighted by Crippen LogP contribution is -2.36. The maximum Gasteiger partial charge on any atom is 0.257 e. The quantitative estimate of drug-likeness (QED) is 0.827. The van der Waals surface area contributed by atoms with E-state index < -0.39 is 0 Å². The highest BCUT2D eigenvalue weighted by molar-refractivity contribution is 5.93. The Morgan fingerprint density at radius 2 is 2.00 bits per heavy atom. The van der Waals surface area contributed by atoms with Crippen molar-refractivity contribution in [2.24, 2.45) is 0 Å². The molecule has 1 aromatic carbocycles. The topological polar surface area (TPSA) is 67.4 Å². The van der Waals surface area contributed by atoms with Crippen LogP contribution in [-0.2, 0) is 11.3 Å². The molecular weight excluding hydrogens is 328 g/mol. The van der Waals surface area contributed by atoms with Crippen LogP contribution in [0.2, 0.25) is 0 Å². The summed E-state index contributed by atoms with van der Waals surface area (Å²) in [6.45, 7) is 6.11. The summed E-state index contributed by atoms with van der Waals surface area (Å²) in [6.07, 6.45) is 5.57. The van der Waals surface area contributed by atoms with Gasteiger partial charge in [0.1, 0.15) is 0 Å². The standard InChI is InChI=1S/C20H26N4O2/c1-15(2)24(14-16-7-4-3-5-8-16)19(25)17-11-21-20(22-12-17)23-13-18-9-6-10-26-18/h3-5,7-8,11-12,15,18H,6,9-10,13-14H2,1-2H3,(H,21,22,23). The van der Waals surface area contributed by atoms with Crippen LogP contribution >= 0.6 is 0 Å². The Morgan fingerprint density at radius 1 is 1.27 bits per heavy atom. The second kappa shape index (κ2) is 8.76. The molecule has 2 heterocycles. The van der Waals surface area contributed by atoms with E-state index in [2.05, 4.69) is 15.3 Å². The SMILES string of the molecule is CC(C)N(Cc1ccccc1)C(=O)c1cnc(NCC2CCCO2)nc1. The molecule has 1 aliphatic rings. The van der Waals surface area contributed by atoms with Gasteiger partial charge in [0.2, 0.25) is 5.95 Å². The minimum Gasteiger partial charge on any atom is -0.376 e. The summed E-state index contributed by atoms with van der Waals surface area (Å²) in [5, 5.41) is 3.17. The molecule has 1 fully saturated rings. The van der Waals surface area contributed by atoms with Gasteiger partial charge >= 0.3 is 0 Å². The van der Waals surface area contributed by atoms with Crippen LogP contribution in [0.3, 0.4) is 0 Å². The zero-order valence-corrected chi connectivity index (χ0v) is 15.4. The van der Waals surface area contributed by atoms with Gasteiger partial charge in [-0.1, -0.05) is 30.3 Å². The lowest BCUT2D eigenvalue weighted by molar-refractivity contribution is 0.0689. The van der Waals surface area contributed by atoms with Crippen molar-refractivity contribution in [3.05, 3.63) is 53.9 Å². The summed E-state index contributed by atoms with van der Waals surface area (Å²) in [7, 11) is 0. The summed E-state index contributed by atoms with van der Waals surface area (Å²) in [4.78, 5) is 23.3. The molecule has 2 aromatic rings. The molecule has 1 aromatic heterocycles. The minimum absolute atomic E-state index is 0.0606. The van der Waals surface area contributed by atoms with Crippen LogP contribution in [0.5, 0.6) is 0 Å². The smallest absolute Gasteiger partial charge is 0.257 e. The van der Waals surface area contributed by atoms with Gasteiger partial charge in [-0.2, -0.15) is 0 Å². The molecule has 1 N–H and O–H groups in total. The summed E-state index contributed by atoms with van der Waals surface area (Å²) >= 11 is 0. The second-order valence-electron chi connectivity index (χ2n) is 6.82. The monoisotopic (exact) mass is 354 g/mol. The summed E-state index contributed by atoms with van der Waals surface area (Å²) in [6, 6.07) is 10.1. The van der Waals surface area contributed by atoms with Gasteiger partial charge < -0.3 is 15.0 Å². The molecule has 0 radical (unpaired) electrons. The number of carbonyl (C=O) groups is 1. The average Bonchev–Trinajstić information content (AvgIpc) is 3.18. The molecule has 0 aliphatic carbocycles. The normalized spacial score (nSPS) is 16.7. The molecule has 0 saturated carbocycles. The van der Waals surface area contributed by atoms with Crippen molar-refractivity contribution in [3.63, 3.8) is 0 Å². The van der Waals surface area contributed by atoms with Gasteiger partial charge in [-0.3, -0.25) is 4.79 Å². The summed E-state index contributed by atoms with van der Waals surface area (Å²) in [5.41, 5.74) is 1.60. The number of anilines is 1. The maximum absolute atomic E-state index is 12.9. The number of hydrogen-bond acceptors (Lipinski definition) is 5. The van der Waals surface area contributed by atoms with E-state index in [-0.39, 0.29) is 18.1 Å². The molecule has 26 heavy (non-hydrogen) atoms. The predicted octanol–water partition coefficient (Wildman–Crippen LogP) is 3.12. The van der Waals surface area contributed by atoms with Crippen LogP contribution in [0.1, 0.15) is 42.6 Å². The number of carbonyl (C=O) groups excluding carboxylic acids is 1. The minimum atomic E-state index is -0.0606. The predicted molar refractivity (Wildman–Crippen MR) is 101 cm³/mol. The van der Waals surface area contributed by atoms with Gasteiger partial charge in [-0.05, 0) is 32.3 Å². The highest BCUT2D eigenvalue weighted by Crippen LogP contribution is 2.14. The van der Waals surface area contributed by atoms with Gasteiger partial charge in [-0.25, -0.2) is 9.97 Å². The molecule has 3 rings (SSSR count). The van der Waals surface area contributed by atoms with Crippen LogP contribution < -0.4 is 5.32 Å². The molecule has 6 nitrogen and oxygen atoms in total. The largest absolute Gasteiger partial charge is 0.376 e. The lowest BCUT2D eigenvalue weighted by atomic mass is 10.1. The number of nitrogens with one attached hydrogen (secondary N) is 1. The third-order valence-corrected chi connectivity index (χ3v) is 4.49. The van der Waals surface area contributed by atoms with Crippen molar-refractivity contribution in [2.75, 3.05) is 18.5 Å². The summed E-state index contributed by atoms with van der Waals surface area (Å²) in [5.74, 6) is 0.464. The summed E-state index contributed by atoms with van der Waals surface area (Å²) < 4.78 is 5.57. The first-order valence-corrected chi connectivity index (χ1v) is 9.16. The average molecular weight is 354 g/mol. The highest BCUT2D eigenvalue weighted by atomic mass is 16.5. The number of hydrogen-bond donors (Lipinski definition) is 1. The van der Waals surface area contributed by atoms with E-state index in [1.54, 1.807) is 12.4 Å². The van der Waals surface area contributed by atoms with E-state index in [1.807, 2.05) is 49.1 Å². The molecule has 0 bridgehead atoms. The Kier molecular flexibility index (Phi) is 6.17. The zero-order chi connectivity index (χ0) is 18.4. The van der Waals surface area contributed by atoms with Crippen LogP contribution in [0.4, 0.5) is 5.95 Å². The van der Waals surface area contributed by atoms with Crippen molar-refractivity contribution < 1.29 is 9.53 Å². The highest BCUT2D eigenvalue weighted by Gasteiger charge is 2.20. The maximum atomic E-state index is 12.9. The first kappa shape index (κ1) is 18.3. The Balaban J connectivity index is 1.63. The molecule has 1 aliphatic heterocycles. The van der Waals surface area contributed by atoms with Crippen LogP contribution in [0.15, 0.2) is 42.7 Å². The van der Waals surface area contributed by atoms with E-state index >= 15 is 0 Å². The van der Waals surface area contributed by atoms with Gasteiger partial charge in [0, 0.05) is 38.1 Å². The van der Waals surface area contributed by atoms with Crippen molar-refractivity contribution in [1.82, 2.24) is 14.9 Å². The molecule has 1 saturated heterocycles. The van der Waals surface area contributed by atoms with Crippen molar-refractivity contribution >= 4 is 11.9 Å². The third kappa shape index (κ3) is 4.79. The van der Waals surface area contributed by atoms with E-state index in [1.165, 1.54) is 0 Å². The van der Waals surface area contributed by atoms with E-state index in [0.717, 1.165) is 25.0 Å². The number of aromatic nitrogens is 2. The number of ether oxygens (including phenoxy) is 1. The Hall–Kier alpha value is -2.47.